The maximum atomic E-state index is 13.9. The topological polar surface area (TPSA) is 73.4 Å². The molecular formula is C29H30F6N6O. The summed E-state index contributed by atoms with van der Waals surface area (Å²) >= 11 is 0. The Morgan fingerprint density at radius 2 is 1.43 bits per heavy atom. The molecular weight excluding hydrogens is 562 g/mol. The van der Waals surface area contributed by atoms with Gasteiger partial charge in [-0.05, 0) is 61.1 Å². The summed E-state index contributed by atoms with van der Waals surface area (Å²) in [6.45, 7) is 5.55. The molecule has 0 bridgehead atoms. The fourth-order valence-electron chi connectivity index (χ4n) is 5.65. The lowest BCUT2D eigenvalue weighted by molar-refractivity contribution is -0.118. The number of hydrogen-bond donors (Lipinski definition) is 2. The van der Waals surface area contributed by atoms with Gasteiger partial charge in [-0.1, -0.05) is 13.8 Å². The number of nitrogens with one attached hydrogen (secondary N) is 2. The second-order valence-electron chi connectivity index (χ2n) is 11.2. The molecule has 42 heavy (non-hydrogen) atoms. The number of halogens is 6. The van der Waals surface area contributed by atoms with Crippen molar-refractivity contribution in [3.63, 3.8) is 0 Å². The molecule has 2 aromatic carbocycles. The van der Waals surface area contributed by atoms with E-state index in [0.29, 0.717) is 36.0 Å². The van der Waals surface area contributed by atoms with Crippen molar-refractivity contribution in [1.82, 2.24) is 14.9 Å². The molecule has 1 atom stereocenters. The summed E-state index contributed by atoms with van der Waals surface area (Å²) < 4.78 is 82.7. The van der Waals surface area contributed by atoms with E-state index in [1.165, 1.54) is 0 Å². The fourth-order valence-corrected chi connectivity index (χ4v) is 5.65. The van der Waals surface area contributed by atoms with Crippen molar-refractivity contribution in [2.24, 2.45) is 5.92 Å². The number of rotatable bonds is 8. The van der Waals surface area contributed by atoms with Crippen LogP contribution in [-0.4, -0.2) is 45.9 Å². The van der Waals surface area contributed by atoms with E-state index in [1.54, 1.807) is 18.9 Å². The summed E-state index contributed by atoms with van der Waals surface area (Å²) in [7, 11) is 1.80. The van der Waals surface area contributed by atoms with Gasteiger partial charge >= 0.3 is 0 Å². The average Bonchev–Trinajstić information content (AvgIpc) is 2.88. The molecule has 1 saturated carbocycles. The lowest BCUT2D eigenvalue weighted by atomic mass is 9.85. The minimum atomic E-state index is -1.59. The number of aromatic nitrogens is 2. The highest BCUT2D eigenvalue weighted by Gasteiger charge is 2.37. The van der Waals surface area contributed by atoms with E-state index in [-0.39, 0.29) is 48.1 Å². The summed E-state index contributed by atoms with van der Waals surface area (Å²) in [5.41, 5.74) is 1.39. The van der Waals surface area contributed by atoms with Crippen LogP contribution in [0.4, 0.5) is 43.8 Å². The molecule has 2 aliphatic rings. The van der Waals surface area contributed by atoms with Gasteiger partial charge in [-0.2, -0.15) is 4.98 Å². The maximum absolute atomic E-state index is 13.9. The van der Waals surface area contributed by atoms with Gasteiger partial charge in [-0.15, -0.1) is 0 Å². The zero-order valence-corrected chi connectivity index (χ0v) is 23.4. The van der Waals surface area contributed by atoms with E-state index in [2.05, 4.69) is 20.6 Å². The van der Waals surface area contributed by atoms with Gasteiger partial charge in [0.1, 0.15) is 11.7 Å². The number of benzene rings is 2. The summed E-state index contributed by atoms with van der Waals surface area (Å²) in [5.74, 6) is -7.72. The smallest absolute Gasteiger partial charge is 0.247 e. The van der Waals surface area contributed by atoms with E-state index in [1.807, 2.05) is 18.7 Å². The Labute approximate surface area is 238 Å². The maximum Gasteiger partial charge on any atom is 0.247 e. The van der Waals surface area contributed by atoms with Crippen LogP contribution in [0.25, 0.3) is 0 Å². The van der Waals surface area contributed by atoms with Crippen LogP contribution in [0.1, 0.15) is 43.5 Å². The number of fused-ring (bicyclic) bond motifs is 1. The van der Waals surface area contributed by atoms with E-state index in [0.717, 1.165) is 24.3 Å². The van der Waals surface area contributed by atoms with Gasteiger partial charge in [-0.3, -0.25) is 9.69 Å². The standard InChI is InChI=1S/C29H30F6N6O/c1-13(2)26-28(42)38-25-14(3)36-29(39-27(25)40(26)4)37-17-9-18(10-17)41(11-15-5-19(30)23(34)20(31)6-15)12-16-7-21(32)24(35)22(33)8-16/h5-8,13,17-18,26H,9-12H2,1-4H3,(H,38,42)(H,36,37,39)/t17-,18-,26?. The first-order valence-electron chi connectivity index (χ1n) is 13.5. The number of likely N-dealkylation sites (N-methyl/N-ethyl adjacent to an activating group) is 1. The third kappa shape index (κ3) is 5.74. The van der Waals surface area contributed by atoms with Crippen molar-refractivity contribution in [2.75, 3.05) is 22.6 Å². The van der Waals surface area contributed by atoms with Crippen molar-refractivity contribution in [3.05, 3.63) is 76.0 Å². The molecule has 1 aliphatic carbocycles. The van der Waals surface area contributed by atoms with Crippen LogP contribution in [0.2, 0.25) is 0 Å². The second kappa shape index (κ2) is 11.4. The largest absolute Gasteiger partial charge is 0.351 e. The molecule has 1 unspecified atom stereocenters. The molecule has 3 aromatic rings. The lowest BCUT2D eigenvalue weighted by Gasteiger charge is -2.43. The number of aryl methyl sites for hydroxylation is 1. The quantitative estimate of drug-likeness (QED) is 0.259. The molecule has 2 N–H and O–H groups in total. The second-order valence-corrected chi connectivity index (χ2v) is 11.2. The number of amides is 1. The van der Waals surface area contributed by atoms with Gasteiger partial charge in [0.2, 0.25) is 11.9 Å². The SMILES string of the molecule is Cc1nc(N[C@H]2C[C@H](N(Cc3cc(F)c(F)c(F)c3)Cc3cc(F)c(F)c(F)c3)C2)nc2c1NC(=O)C(C(C)C)N2C. The minimum absolute atomic E-state index is 0.0410. The summed E-state index contributed by atoms with van der Waals surface area (Å²) in [6.07, 6.45) is 1.03. The number of carbonyl (C=O) groups excluding carboxylic acids is 1. The van der Waals surface area contributed by atoms with Crippen molar-refractivity contribution in [3.8, 4) is 0 Å². The number of carbonyl (C=O) groups is 1. The van der Waals surface area contributed by atoms with Gasteiger partial charge in [0.15, 0.2) is 40.7 Å². The molecule has 224 valence electrons. The third-order valence-corrected chi connectivity index (χ3v) is 7.79. The van der Waals surface area contributed by atoms with Crippen LogP contribution < -0.4 is 15.5 Å². The Kier molecular flexibility index (Phi) is 8.06. The first kappa shape index (κ1) is 29.6. The Balaban J connectivity index is 1.33. The summed E-state index contributed by atoms with van der Waals surface area (Å²) in [6, 6.07) is 2.76. The van der Waals surface area contributed by atoms with Crippen LogP contribution in [0.3, 0.4) is 0 Å². The van der Waals surface area contributed by atoms with Gasteiger partial charge in [0.25, 0.3) is 0 Å². The van der Waals surface area contributed by atoms with Gasteiger partial charge in [-0.25, -0.2) is 31.3 Å². The predicted molar refractivity (Wildman–Crippen MR) is 145 cm³/mol. The summed E-state index contributed by atoms with van der Waals surface area (Å²) in [4.78, 5) is 25.3. The van der Waals surface area contributed by atoms with E-state index in [4.69, 9.17) is 0 Å². The Bertz CT molecular complexity index is 1420. The fraction of sp³-hybridized carbons (Fsp3) is 0.414. The van der Waals surface area contributed by atoms with Crippen LogP contribution >= 0.6 is 0 Å². The highest BCUT2D eigenvalue weighted by Crippen LogP contribution is 2.36. The average molecular weight is 593 g/mol. The number of nitrogens with zero attached hydrogens (tertiary/aromatic N) is 4. The Morgan fingerprint density at radius 1 is 0.929 bits per heavy atom. The molecule has 2 heterocycles. The molecule has 13 heteroatoms. The van der Waals surface area contributed by atoms with E-state index >= 15 is 0 Å². The Morgan fingerprint density at radius 3 is 1.90 bits per heavy atom. The van der Waals surface area contributed by atoms with Crippen LogP contribution in [-0.2, 0) is 17.9 Å². The van der Waals surface area contributed by atoms with Gasteiger partial charge in [0.05, 0.1) is 5.69 Å². The number of hydrogen-bond acceptors (Lipinski definition) is 6. The van der Waals surface area contributed by atoms with Crippen molar-refractivity contribution >= 4 is 23.4 Å². The molecule has 1 aromatic heterocycles. The van der Waals surface area contributed by atoms with Gasteiger partial charge < -0.3 is 15.5 Å². The first-order valence-corrected chi connectivity index (χ1v) is 13.5. The molecule has 7 nitrogen and oxygen atoms in total. The number of anilines is 3. The molecule has 1 aliphatic heterocycles. The van der Waals surface area contributed by atoms with Crippen LogP contribution in [0.5, 0.6) is 0 Å². The summed E-state index contributed by atoms with van der Waals surface area (Å²) in [5, 5.41) is 6.18. The first-order chi connectivity index (χ1) is 19.8. The third-order valence-electron chi connectivity index (χ3n) is 7.79. The van der Waals surface area contributed by atoms with Crippen LogP contribution in [0.15, 0.2) is 24.3 Å². The molecule has 0 radical (unpaired) electrons. The molecule has 5 rings (SSSR count). The Hall–Kier alpha value is -3.87. The highest BCUT2D eigenvalue weighted by atomic mass is 19.2. The normalized spacial score (nSPS) is 20.0. The zero-order chi connectivity index (χ0) is 30.5. The van der Waals surface area contributed by atoms with Gasteiger partial charge in [0, 0.05) is 32.2 Å². The van der Waals surface area contributed by atoms with E-state index < -0.39 is 40.9 Å². The molecule has 1 amide bonds. The zero-order valence-electron chi connectivity index (χ0n) is 23.4. The molecule has 0 spiro atoms. The highest BCUT2D eigenvalue weighted by molar-refractivity contribution is 6.03. The van der Waals surface area contributed by atoms with E-state index in [9.17, 15) is 31.1 Å². The molecule has 0 saturated heterocycles. The lowest BCUT2D eigenvalue weighted by Crippen LogP contribution is -2.50. The van der Waals surface area contributed by atoms with Crippen LogP contribution in [0, 0.1) is 47.7 Å². The monoisotopic (exact) mass is 592 g/mol. The van der Waals surface area contributed by atoms with Crippen molar-refractivity contribution in [2.45, 2.75) is 64.8 Å². The predicted octanol–water partition coefficient (Wildman–Crippen LogP) is 5.68. The van der Waals surface area contributed by atoms with Crippen molar-refractivity contribution < 1.29 is 31.1 Å². The molecule has 1 fully saturated rings. The minimum Gasteiger partial charge on any atom is -0.351 e. The van der Waals surface area contributed by atoms with Crippen molar-refractivity contribution in [1.29, 1.82) is 0 Å².